The minimum Gasteiger partial charge on any atom is -0.493 e. The molecule has 150 valence electrons. The summed E-state index contributed by atoms with van der Waals surface area (Å²) in [5, 5.41) is 28.6. The number of rotatable bonds is 10. The molecule has 1 aromatic carbocycles. The van der Waals surface area contributed by atoms with Gasteiger partial charge in [-0.3, -0.25) is 4.79 Å². The number of benzene rings is 1. The van der Waals surface area contributed by atoms with Gasteiger partial charge in [0.2, 0.25) is 0 Å². The number of unbranched alkanes of at least 4 members (excludes halogenated alkanes) is 1. The summed E-state index contributed by atoms with van der Waals surface area (Å²) in [5.41, 5.74) is 0.667. The lowest BCUT2D eigenvalue weighted by Crippen LogP contribution is -2.27. The molecule has 1 unspecified atom stereocenters. The summed E-state index contributed by atoms with van der Waals surface area (Å²) in [6.07, 6.45) is 6.16. The maximum Gasteiger partial charge on any atom is 0.303 e. The molecule has 1 aromatic rings. The van der Waals surface area contributed by atoms with Gasteiger partial charge in [0, 0.05) is 22.7 Å². The molecule has 27 heavy (non-hydrogen) atoms. The van der Waals surface area contributed by atoms with E-state index in [0.29, 0.717) is 48.6 Å². The number of alkyl halides is 1. The van der Waals surface area contributed by atoms with Gasteiger partial charge in [-0.15, -0.1) is 11.6 Å². The summed E-state index contributed by atoms with van der Waals surface area (Å²) in [6, 6.07) is 5.08. The van der Waals surface area contributed by atoms with Crippen LogP contribution in [0.25, 0.3) is 0 Å². The zero-order valence-corrected chi connectivity index (χ0v) is 16.6. The van der Waals surface area contributed by atoms with E-state index in [2.05, 4.69) is 0 Å². The summed E-state index contributed by atoms with van der Waals surface area (Å²) in [7, 11) is 0. The quantitative estimate of drug-likeness (QED) is 0.304. The standard InChI is InChI=1S/C20H26Cl2O5/c21-14-7-13(11-23)8-15(9-14)27-12-17-16(18(22)10-19(17)24)5-3-1-2-4-6-20(25)26/h1,3,7-9,16-19,23-24H,2,4-6,10-12H2,(H,25,26)/b3-1-/t16-,17-,18?,19-/m1/s1. The number of aliphatic carboxylic acids is 1. The van der Waals surface area contributed by atoms with Gasteiger partial charge in [0.05, 0.1) is 19.3 Å². The van der Waals surface area contributed by atoms with Crippen molar-refractivity contribution in [1.29, 1.82) is 0 Å². The molecule has 1 saturated carbocycles. The molecule has 4 atom stereocenters. The van der Waals surface area contributed by atoms with Gasteiger partial charge in [-0.25, -0.2) is 0 Å². The lowest BCUT2D eigenvalue weighted by molar-refractivity contribution is -0.137. The third-order valence-electron chi connectivity index (χ3n) is 4.87. The Morgan fingerprint density at radius 1 is 1.26 bits per heavy atom. The Bertz CT molecular complexity index is 649. The molecule has 5 nitrogen and oxygen atoms in total. The first kappa shape index (κ1) is 22.0. The number of aliphatic hydroxyl groups excluding tert-OH is 2. The average Bonchev–Trinajstić information content (AvgIpc) is 2.88. The second-order valence-corrected chi connectivity index (χ2v) is 7.90. The third-order valence-corrected chi connectivity index (χ3v) is 5.59. The first-order chi connectivity index (χ1) is 12.9. The first-order valence-corrected chi connectivity index (χ1v) is 9.94. The number of ether oxygens (including phenoxy) is 1. The molecule has 0 saturated heterocycles. The molecule has 2 rings (SSSR count). The Hall–Kier alpha value is -1.27. The number of aliphatic hydroxyl groups is 2. The van der Waals surface area contributed by atoms with Gasteiger partial charge < -0.3 is 20.1 Å². The summed E-state index contributed by atoms with van der Waals surface area (Å²) < 4.78 is 5.83. The fraction of sp³-hybridized carbons (Fsp3) is 0.550. The van der Waals surface area contributed by atoms with Crippen LogP contribution in [0.3, 0.4) is 0 Å². The van der Waals surface area contributed by atoms with Gasteiger partial charge in [0.15, 0.2) is 0 Å². The van der Waals surface area contributed by atoms with Crippen LogP contribution in [-0.2, 0) is 11.4 Å². The number of allylic oxidation sites excluding steroid dienone is 2. The van der Waals surface area contributed by atoms with E-state index in [1.807, 2.05) is 12.2 Å². The van der Waals surface area contributed by atoms with E-state index >= 15 is 0 Å². The van der Waals surface area contributed by atoms with E-state index in [4.69, 9.17) is 33.0 Å². The molecule has 0 radical (unpaired) electrons. The molecule has 3 N–H and O–H groups in total. The molecule has 0 spiro atoms. The third kappa shape index (κ3) is 7.00. The second kappa shape index (κ2) is 10.9. The molecular weight excluding hydrogens is 391 g/mol. The van der Waals surface area contributed by atoms with Crippen LogP contribution in [0.1, 0.15) is 37.7 Å². The molecule has 7 heteroatoms. The van der Waals surface area contributed by atoms with Crippen LogP contribution in [0.5, 0.6) is 5.75 Å². The van der Waals surface area contributed by atoms with Gasteiger partial charge in [0.25, 0.3) is 0 Å². The van der Waals surface area contributed by atoms with Crippen LogP contribution in [0.2, 0.25) is 5.02 Å². The lowest BCUT2D eigenvalue weighted by Gasteiger charge is -2.23. The predicted octanol–water partition coefficient (Wildman–Crippen LogP) is 4.02. The summed E-state index contributed by atoms with van der Waals surface area (Å²) >= 11 is 12.4. The molecule has 1 fully saturated rings. The van der Waals surface area contributed by atoms with Crippen LogP contribution in [0, 0.1) is 11.8 Å². The Kier molecular flexibility index (Phi) is 8.90. The summed E-state index contributed by atoms with van der Waals surface area (Å²) in [4.78, 5) is 10.5. The number of hydrogen-bond acceptors (Lipinski definition) is 4. The average molecular weight is 417 g/mol. The zero-order chi connectivity index (χ0) is 19.8. The summed E-state index contributed by atoms with van der Waals surface area (Å²) in [6.45, 7) is 0.190. The van der Waals surface area contributed by atoms with Gasteiger partial charge in [-0.1, -0.05) is 23.8 Å². The van der Waals surface area contributed by atoms with Crippen molar-refractivity contribution in [2.45, 2.75) is 50.2 Å². The fourth-order valence-corrected chi connectivity index (χ4v) is 4.14. The van der Waals surface area contributed by atoms with Crippen molar-refractivity contribution in [2.24, 2.45) is 11.8 Å². The van der Waals surface area contributed by atoms with Crippen molar-refractivity contribution in [3.05, 3.63) is 40.9 Å². The zero-order valence-electron chi connectivity index (χ0n) is 15.1. The van der Waals surface area contributed by atoms with Crippen LogP contribution in [0.15, 0.2) is 30.4 Å². The van der Waals surface area contributed by atoms with E-state index < -0.39 is 12.1 Å². The maximum atomic E-state index is 10.5. The van der Waals surface area contributed by atoms with E-state index in [1.165, 1.54) is 0 Å². The minimum absolute atomic E-state index is 0.0777. The Labute approximate surface area is 169 Å². The molecule has 0 aliphatic heterocycles. The van der Waals surface area contributed by atoms with Gasteiger partial charge in [0.1, 0.15) is 5.75 Å². The Morgan fingerprint density at radius 2 is 2.04 bits per heavy atom. The monoisotopic (exact) mass is 416 g/mol. The van der Waals surface area contributed by atoms with E-state index in [0.717, 1.165) is 0 Å². The molecular formula is C20H26Cl2O5. The normalized spacial score (nSPS) is 25.2. The predicted molar refractivity (Wildman–Crippen MR) is 105 cm³/mol. The molecule has 0 aromatic heterocycles. The highest BCUT2D eigenvalue weighted by Gasteiger charge is 2.41. The SMILES string of the molecule is O=C(O)CCC/C=C\C[C@H]1C(Cl)C[C@@H](O)[C@@H]1COc1cc(Cl)cc(CO)c1. The van der Waals surface area contributed by atoms with Crippen molar-refractivity contribution in [3.8, 4) is 5.75 Å². The highest BCUT2D eigenvalue weighted by Crippen LogP contribution is 2.39. The highest BCUT2D eigenvalue weighted by molar-refractivity contribution is 6.30. The van der Waals surface area contributed by atoms with Crippen LogP contribution >= 0.6 is 23.2 Å². The Morgan fingerprint density at radius 3 is 2.74 bits per heavy atom. The minimum atomic E-state index is -0.786. The Balaban J connectivity index is 1.90. The van der Waals surface area contributed by atoms with Crippen LogP contribution in [-0.4, -0.2) is 39.4 Å². The van der Waals surface area contributed by atoms with Crippen LogP contribution in [0.4, 0.5) is 0 Å². The van der Waals surface area contributed by atoms with E-state index in [9.17, 15) is 15.0 Å². The lowest BCUT2D eigenvalue weighted by atomic mass is 9.92. The van der Waals surface area contributed by atoms with Gasteiger partial charge in [-0.05, 0) is 55.4 Å². The number of hydrogen-bond donors (Lipinski definition) is 3. The van der Waals surface area contributed by atoms with E-state index in [1.54, 1.807) is 18.2 Å². The molecule has 0 heterocycles. The second-order valence-electron chi connectivity index (χ2n) is 6.90. The molecule has 1 aliphatic carbocycles. The maximum absolute atomic E-state index is 10.5. The highest BCUT2D eigenvalue weighted by atomic mass is 35.5. The van der Waals surface area contributed by atoms with Gasteiger partial charge in [-0.2, -0.15) is 0 Å². The van der Waals surface area contributed by atoms with Crippen molar-refractivity contribution in [1.82, 2.24) is 0 Å². The van der Waals surface area contributed by atoms with Crippen molar-refractivity contribution in [2.75, 3.05) is 6.61 Å². The topological polar surface area (TPSA) is 87.0 Å². The smallest absolute Gasteiger partial charge is 0.303 e. The van der Waals surface area contributed by atoms with Crippen molar-refractivity contribution >= 4 is 29.2 Å². The molecule has 1 aliphatic rings. The fourth-order valence-electron chi connectivity index (χ4n) is 3.42. The molecule has 0 bridgehead atoms. The number of carbonyl (C=O) groups is 1. The van der Waals surface area contributed by atoms with Crippen molar-refractivity contribution in [3.63, 3.8) is 0 Å². The molecule has 0 amide bonds. The number of carboxylic acid groups (broad SMARTS) is 1. The number of halogens is 2. The first-order valence-electron chi connectivity index (χ1n) is 9.12. The van der Waals surface area contributed by atoms with Crippen LogP contribution < -0.4 is 4.74 Å². The van der Waals surface area contributed by atoms with Gasteiger partial charge >= 0.3 is 5.97 Å². The van der Waals surface area contributed by atoms with E-state index in [-0.39, 0.29) is 30.2 Å². The van der Waals surface area contributed by atoms with Crippen molar-refractivity contribution < 1.29 is 24.9 Å². The number of carboxylic acids is 1. The largest absolute Gasteiger partial charge is 0.493 e. The summed E-state index contributed by atoms with van der Waals surface area (Å²) in [5.74, 6) is -0.257.